The van der Waals surface area contributed by atoms with Crippen LogP contribution in [-0.2, 0) is 4.84 Å². The van der Waals surface area contributed by atoms with Gasteiger partial charge in [-0.05, 0) is 18.6 Å². The first kappa shape index (κ1) is 8.87. The van der Waals surface area contributed by atoms with Gasteiger partial charge in [-0.1, -0.05) is 18.2 Å². The molecule has 1 fully saturated rings. The van der Waals surface area contributed by atoms with Crippen LogP contribution in [0.1, 0.15) is 6.42 Å². The monoisotopic (exact) mass is 192 g/mol. The van der Waals surface area contributed by atoms with Gasteiger partial charge in [0, 0.05) is 13.1 Å². The van der Waals surface area contributed by atoms with E-state index in [0.717, 1.165) is 25.2 Å². The lowest BCUT2D eigenvalue weighted by molar-refractivity contribution is 0.0982. The van der Waals surface area contributed by atoms with Crippen molar-refractivity contribution in [2.45, 2.75) is 6.42 Å². The Morgan fingerprint density at radius 2 is 2.00 bits per heavy atom. The maximum Gasteiger partial charge on any atom is 0.434 e. The standard InChI is InChI=1S/C10H12N2O2/c13-10(12-7-4-8-12)14-11-9-5-2-1-3-6-9/h1-3,5-6,11H,4,7-8H2. The van der Waals surface area contributed by atoms with Gasteiger partial charge in [0.1, 0.15) is 0 Å². The van der Waals surface area contributed by atoms with Crippen LogP contribution in [0, 0.1) is 0 Å². The van der Waals surface area contributed by atoms with Gasteiger partial charge in [0.2, 0.25) is 0 Å². The highest BCUT2D eigenvalue weighted by Crippen LogP contribution is 2.09. The number of amides is 1. The van der Waals surface area contributed by atoms with E-state index in [1.54, 1.807) is 4.90 Å². The summed E-state index contributed by atoms with van der Waals surface area (Å²) in [5.74, 6) is 0. The lowest BCUT2D eigenvalue weighted by Crippen LogP contribution is -2.43. The van der Waals surface area contributed by atoms with Crippen LogP contribution >= 0.6 is 0 Å². The molecule has 14 heavy (non-hydrogen) atoms. The number of carbonyl (C=O) groups excluding carboxylic acids is 1. The maximum atomic E-state index is 11.2. The average molecular weight is 192 g/mol. The summed E-state index contributed by atoms with van der Waals surface area (Å²) in [5.41, 5.74) is 3.38. The van der Waals surface area contributed by atoms with E-state index in [9.17, 15) is 4.79 Å². The number of likely N-dealkylation sites (tertiary alicyclic amines) is 1. The van der Waals surface area contributed by atoms with Gasteiger partial charge in [-0.3, -0.25) is 0 Å². The fourth-order valence-electron chi connectivity index (χ4n) is 1.17. The van der Waals surface area contributed by atoms with Gasteiger partial charge < -0.3 is 9.74 Å². The molecule has 0 bridgehead atoms. The fraction of sp³-hybridized carbons (Fsp3) is 0.300. The minimum Gasteiger partial charge on any atom is -0.324 e. The molecular formula is C10H12N2O2. The number of anilines is 1. The summed E-state index contributed by atoms with van der Waals surface area (Å²) in [6, 6.07) is 9.33. The third-order valence-corrected chi connectivity index (χ3v) is 2.14. The zero-order valence-electron chi connectivity index (χ0n) is 7.77. The number of hydrogen-bond donors (Lipinski definition) is 1. The molecule has 1 aromatic rings. The van der Waals surface area contributed by atoms with E-state index in [1.165, 1.54) is 0 Å². The SMILES string of the molecule is O=C(ONc1ccccc1)N1CCC1. The molecule has 2 rings (SSSR count). The zero-order valence-corrected chi connectivity index (χ0v) is 7.77. The van der Waals surface area contributed by atoms with Crippen molar-refractivity contribution in [3.05, 3.63) is 30.3 Å². The summed E-state index contributed by atoms with van der Waals surface area (Å²) in [6.45, 7) is 1.60. The number of para-hydroxylation sites is 1. The van der Waals surface area contributed by atoms with Crippen LogP contribution in [0.3, 0.4) is 0 Å². The van der Waals surface area contributed by atoms with Crippen LogP contribution in [0.5, 0.6) is 0 Å². The number of rotatable bonds is 2. The molecule has 1 saturated heterocycles. The van der Waals surface area contributed by atoms with E-state index in [2.05, 4.69) is 5.48 Å². The molecule has 0 radical (unpaired) electrons. The van der Waals surface area contributed by atoms with Crippen LogP contribution in [0.2, 0.25) is 0 Å². The molecule has 0 spiro atoms. The van der Waals surface area contributed by atoms with Gasteiger partial charge in [0.15, 0.2) is 0 Å². The van der Waals surface area contributed by atoms with Gasteiger partial charge in [-0.2, -0.15) is 0 Å². The number of benzene rings is 1. The molecule has 0 aliphatic carbocycles. The molecule has 0 aromatic heterocycles. The van der Waals surface area contributed by atoms with E-state index in [1.807, 2.05) is 30.3 Å². The summed E-state index contributed by atoms with van der Waals surface area (Å²) in [5, 5.41) is 0. The van der Waals surface area contributed by atoms with Crippen LogP contribution in [0.25, 0.3) is 0 Å². The third kappa shape index (κ3) is 1.96. The molecule has 1 aliphatic rings. The minimum atomic E-state index is -0.305. The number of hydrogen-bond acceptors (Lipinski definition) is 3. The molecular weight excluding hydrogens is 180 g/mol. The second kappa shape index (κ2) is 4.00. The largest absolute Gasteiger partial charge is 0.434 e. The predicted octanol–water partition coefficient (Wildman–Crippen LogP) is 1.86. The summed E-state index contributed by atoms with van der Waals surface area (Å²) in [7, 11) is 0. The molecule has 1 aromatic carbocycles. The molecule has 1 N–H and O–H groups in total. The predicted molar refractivity (Wildman–Crippen MR) is 52.7 cm³/mol. The van der Waals surface area contributed by atoms with Crippen molar-refractivity contribution in [2.75, 3.05) is 18.6 Å². The Labute approximate surface area is 82.4 Å². The molecule has 4 heteroatoms. The van der Waals surface area contributed by atoms with Gasteiger partial charge in [-0.15, -0.1) is 0 Å². The van der Waals surface area contributed by atoms with E-state index < -0.39 is 0 Å². The van der Waals surface area contributed by atoms with E-state index in [-0.39, 0.29) is 6.09 Å². The normalized spacial score (nSPS) is 14.4. The Kier molecular flexibility index (Phi) is 2.53. The Bertz CT molecular complexity index is 309. The summed E-state index contributed by atoms with van der Waals surface area (Å²) in [6.07, 6.45) is 0.764. The van der Waals surface area contributed by atoms with Crippen molar-refractivity contribution in [3.8, 4) is 0 Å². The maximum absolute atomic E-state index is 11.2. The Balaban J connectivity index is 1.79. The fourth-order valence-corrected chi connectivity index (χ4v) is 1.17. The van der Waals surface area contributed by atoms with Gasteiger partial charge in [0.05, 0.1) is 5.69 Å². The summed E-state index contributed by atoms with van der Waals surface area (Å²) in [4.78, 5) is 17.8. The van der Waals surface area contributed by atoms with Gasteiger partial charge in [0.25, 0.3) is 0 Å². The topological polar surface area (TPSA) is 41.6 Å². The summed E-state index contributed by atoms with van der Waals surface area (Å²) < 4.78 is 0. The molecule has 74 valence electrons. The number of nitrogens with one attached hydrogen (secondary N) is 1. The number of nitrogens with zero attached hydrogens (tertiary/aromatic N) is 1. The van der Waals surface area contributed by atoms with Crippen molar-refractivity contribution >= 4 is 11.8 Å². The molecule has 0 saturated carbocycles. The van der Waals surface area contributed by atoms with E-state index in [4.69, 9.17) is 4.84 Å². The van der Waals surface area contributed by atoms with E-state index in [0.29, 0.717) is 0 Å². The van der Waals surface area contributed by atoms with Crippen LogP contribution in [0.15, 0.2) is 30.3 Å². The Morgan fingerprint density at radius 1 is 1.29 bits per heavy atom. The van der Waals surface area contributed by atoms with Crippen LogP contribution in [0.4, 0.5) is 10.5 Å². The highest BCUT2D eigenvalue weighted by atomic mass is 16.7. The first-order chi connectivity index (χ1) is 6.86. The molecule has 1 heterocycles. The smallest absolute Gasteiger partial charge is 0.324 e. The Morgan fingerprint density at radius 3 is 2.57 bits per heavy atom. The first-order valence-electron chi connectivity index (χ1n) is 4.63. The van der Waals surface area contributed by atoms with Crippen molar-refractivity contribution in [1.29, 1.82) is 0 Å². The average Bonchev–Trinajstić information content (AvgIpc) is 2.14. The second-order valence-electron chi connectivity index (χ2n) is 3.18. The molecule has 0 unspecified atom stereocenters. The van der Waals surface area contributed by atoms with Crippen LogP contribution < -0.4 is 5.48 Å². The Hall–Kier alpha value is -1.71. The van der Waals surface area contributed by atoms with Crippen molar-refractivity contribution < 1.29 is 9.63 Å². The van der Waals surface area contributed by atoms with Crippen molar-refractivity contribution in [3.63, 3.8) is 0 Å². The first-order valence-corrected chi connectivity index (χ1v) is 4.63. The molecule has 4 nitrogen and oxygen atoms in total. The molecule has 0 atom stereocenters. The van der Waals surface area contributed by atoms with Crippen molar-refractivity contribution in [2.24, 2.45) is 0 Å². The molecule has 1 aliphatic heterocycles. The lowest BCUT2D eigenvalue weighted by atomic mass is 10.2. The van der Waals surface area contributed by atoms with Crippen LogP contribution in [-0.4, -0.2) is 24.1 Å². The third-order valence-electron chi connectivity index (χ3n) is 2.14. The quantitative estimate of drug-likeness (QED) is 0.727. The highest BCUT2D eigenvalue weighted by molar-refractivity contribution is 5.69. The van der Waals surface area contributed by atoms with Gasteiger partial charge >= 0.3 is 6.09 Å². The van der Waals surface area contributed by atoms with E-state index >= 15 is 0 Å². The lowest BCUT2D eigenvalue weighted by Gasteiger charge is -2.29. The number of carbonyl (C=O) groups is 1. The molecule has 1 amide bonds. The van der Waals surface area contributed by atoms with Gasteiger partial charge in [-0.25, -0.2) is 10.3 Å². The van der Waals surface area contributed by atoms with Crippen molar-refractivity contribution in [1.82, 2.24) is 4.90 Å². The summed E-state index contributed by atoms with van der Waals surface area (Å²) >= 11 is 0. The second-order valence-corrected chi connectivity index (χ2v) is 3.18. The zero-order chi connectivity index (χ0) is 9.80. The minimum absolute atomic E-state index is 0.305. The highest BCUT2D eigenvalue weighted by Gasteiger charge is 2.21.